The number of fused-ring (bicyclic) bond motifs is 1. The van der Waals surface area contributed by atoms with E-state index in [4.69, 9.17) is 4.74 Å². The van der Waals surface area contributed by atoms with E-state index in [-0.39, 0.29) is 5.78 Å². The standard InChI is InChI=1S/C17H24O2/c1-2-3-4-5-6-7-8-17(18)14-9-10-15-12-19-13-16(15)11-14/h9-11H,2-8,12-13H2,1H3. The third kappa shape index (κ3) is 4.17. The summed E-state index contributed by atoms with van der Waals surface area (Å²) in [5, 5.41) is 0. The van der Waals surface area contributed by atoms with Crippen LogP contribution in [0.1, 0.15) is 73.4 Å². The Morgan fingerprint density at radius 2 is 1.79 bits per heavy atom. The summed E-state index contributed by atoms with van der Waals surface area (Å²) >= 11 is 0. The lowest BCUT2D eigenvalue weighted by molar-refractivity contribution is 0.0979. The lowest BCUT2D eigenvalue weighted by atomic mass is 10.00. The van der Waals surface area contributed by atoms with Gasteiger partial charge in [-0.05, 0) is 23.6 Å². The van der Waals surface area contributed by atoms with E-state index in [2.05, 4.69) is 6.92 Å². The first kappa shape index (κ1) is 14.3. The Bertz CT molecular complexity index is 423. The molecule has 2 nitrogen and oxygen atoms in total. The number of hydrogen-bond acceptors (Lipinski definition) is 2. The average Bonchev–Trinajstić information content (AvgIpc) is 2.89. The second-order valence-corrected chi connectivity index (χ2v) is 5.42. The lowest BCUT2D eigenvalue weighted by Crippen LogP contribution is -2.00. The van der Waals surface area contributed by atoms with Crippen LogP contribution >= 0.6 is 0 Å². The predicted octanol–water partition coefficient (Wildman–Crippen LogP) is 4.65. The van der Waals surface area contributed by atoms with Gasteiger partial charge in [0.1, 0.15) is 0 Å². The van der Waals surface area contributed by atoms with Crippen molar-refractivity contribution in [3.63, 3.8) is 0 Å². The van der Waals surface area contributed by atoms with Gasteiger partial charge in [0.25, 0.3) is 0 Å². The van der Waals surface area contributed by atoms with E-state index in [1.165, 1.54) is 43.2 Å². The molecular weight excluding hydrogens is 236 g/mol. The predicted molar refractivity (Wildman–Crippen MR) is 77.3 cm³/mol. The number of ether oxygens (including phenoxy) is 1. The highest BCUT2D eigenvalue weighted by molar-refractivity contribution is 5.96. The third-order valence-electron chi connectivity index (χ3n) is 3.80. The van der Waals surface area contributed by atoms with Crippen molar-refractivity contribution in [1.29, 1.82) is 0 Å². The van der Waals surface area contributed by atoms with Gasteiger partial charge in [0.2, 0.25) is 0 Å². The van der Waals surface area contributed by atoms with Gasteiger partial charge in [0, 0.05) is 12.0 Å². The first-order valence-corrected chi connectivity index (χ1v) is 7.54. The minimum Gasteiger partial charge on any atom is -0.372 e. The number of benzene rings is 1. The van der Waals surface area contributed by atoms with E-state index in [9.17, 15) is 4.79 Å². The molecule has 1 aromatic carbocycles. The molecule has 104 valence electrons. The van der Waals surface area contributed by atoms with Crippen LogP contribution in [0.15, 0.2) is 18.2 Å². The van der Waals surface area contributed by atoms with Gasteiger partial charge in [-0.2, -0.15) is 0 Å². The second-order valence-electron chi connectivity index (χ2n) is 5.42. The summed E-state index contributed by atoms with van der Waals surface area (Å²) in [6, 6.07) is 6.01. The fourth-order valence-corrected chi connectivity index (χ4v) is 2.56. The molecule has 1 heterocycles. The first-order valence-electron chi connectivity index (χ1n) is 7.54. The Morgan fingerprint density at radius 1 is 1.05 bits per heavy atom. The maximum absolute atomic E-state index is 12.1. The Morgan fingerprint density at radius 3 is 2.63 bits per heavy atom. The number of carbonyl (C=O) groups is 1. The molecule has 2 heteroatoms. The van der Waals surface area contributed by atoms with E-state index in [0.29, 0.717) is 19.6 Å². The topological polar surface area (TPSA) is 26.3 Å². The molecule has 19 heavy (non-hydrogen) atoms. The van der Waals surface area contributed by atoms with E-state index in [0.717, 1.165) is 12.0 Å². The van der Waals surface area contributed by atoms with Gasteiger partial charge in [-0.15, -0.1) is 0 Å². The van der Waals surface area contributed by atoms with Crippen LogP contribution in [-0.2, 0) is 18.0 Å². The molecule has 0 atom stereocenters. The van der Waals surface area contributed by atoms with Crippen LogP contribution < -0.4 is 0 Å². The molecule has 0 unspecified atom stereocenters. The van der Waals surface area contributed by atoms with Crippen LogP contribution in [0.25, 0.3) is 0 Å². The van der Waals surface area contributed by atoms with Gasteiger partial charge >= 0.3 is 0 Å². The highest BCUT2D eigenvalue weighted by Gasteiger charge is 2.13. The molecule has 0 bridgehead atoms. The van der Waals surface area contributed by atoms with Crippen molar-refractivity contribution in [3.05, 3.63) is 34.9 Å². The zero-order chi connectivity index (χ0) is 13.5. The molecule has 1 aliphatic rings. The number of ketones is 1. The van der Waals surface area contributed by atoms with E-state index < -0.39 is 0 Å². The summed E-state index contributed by atoms with van der Waals surface area (Å²) < 4.78 is 5.37. The van der Waals surface area contributed by atoms with Crippen molar-refractivity contribution in [3.8, 4) is 0 Å². The van der Waals surface area contributed by atoms with Crippen LogP contribution in [-0.4, -0.2) is 5.78 Å². The van der Waals surface area contributed by atoms with Crippen molar-refractivity contribution < 1.29 is 9.53 Å². The SMILES string of the molecule is CCCCCCCCC(=O)c1ccc2c(c1)COC2. The Balaban J connectivity index is 1.74. The Kier molecular flexibility index (Phi) is 5.59. The van der Waals surface area contributed by atoms with Crippen molar-refractivity contribution in [2.45, 2.75) is 65.1 Å². The highest BCUT2D eigenvalue weighted by Crippen LogP contribution is 2.22. The normalized spacial score (nSPS) is 13.5. The van der Waals surface area contributed by atoms with Crippen LogP contribution in [0, 0.1) is 0 Å². The van der Waals surface area contributed by atoms with E-state index in [1.807, 2.05) is 18.2 Å². The molecule has 2 rings (SSSR count). The van der Waals surface area contributed by atoms with Crippen molar-refractivity contribution in [2.24, 2.45) is 0 Å². The molecule has 0 saturated heterocycles. The quantitative estimate of drug-likeness (QED) is 0.502. The molecule has 0 aliphatic carbocycles. The van der Waals surface area contributed by atoms with Crippen molar-refractivity contribution in [2.75, 3.05) is 0 Å². The van der Waals surface area contributed by atoms with Crippen molar-refractivity contribution in [1.82, 2.24) is 0 Å². The summed E-state index contributed by atoms with van der Waals surface area (Å²) in [7, 11) is 0. The molecule has 0 amide bonds. The number of rotatable bonds is 8. The van der Waals surface area contributed by atoms with Gasteiger partial charge in [-0.1, -0.05) is 51.2 Å². The van der Waals surface area contributed by atoms with Gasteiger partial charge < -0.3 is 4.74 Å². The van der Waals surface area contributed by atoms with Crippen LogP contribution in [0.2, 0.25) is 0 Å². The minimum atomic E-state index is 0.283. The summed E-state index contributed by atoms with van der Waals surface area (Å²) in [4.78, 5) is 12.1. The zero-order valence-corrected chi connectivity index (χ0v) is 11.9. The maximum Gasteiger partial charge on any atom is 0.162 e. The zero-order valence-electron chi connectivity index (χ0n) is 11.9. The van der Waals surface area contributed by atoms with Gasteiger partial charge in [0.15, 0.2) is 5.78 Å². The molecule has 0 N–H and O–H groups in total. The van der Waals surface area contributed by atoms with Crippen LogP contribution in [0.3, 0.4) is 0 Å². The third-order valence-corrected chi connectivity index (χ3v) is 3.80. The largest absolute Gasteiger partial charge is 0.372 e. The molecule has 0 saturated carbocycles. The second kappa shape index (κ2) is 7.44. The molecular formula is C17H24O2. The monoisotopic (exact) mass is 260 g/mol. The average molecular weight is 260 g/mol. The molecule has 0 fully saturated rings. The number of unbranched alkanes of at least 4 members (excludes halogenated alkanes) is 5. The first-order chi connectivity index (χ1) is 9.31. The molecule has 1 aromatic rings. The smallest absolute Gasteiger partial charge is 0.162 e. The minimum absolute atomic E-state index is 0.283. The fourth-order valence-electron chi connectivity index (χ4n) is 2.56. The Hall–Kier alpha value is -1.15. The van der Waals surface area contributed by atoms with Crippen molar-refractivity contribution >= 4 is 5.78 Å². The summed E-state index contributed by atoms with van der Waals surface area (Å²) in [5.74, 6) is 0.283. The number of carbonyl (C=O) groups excluding carboxylic acids is 1. The lowest BCUT2D eigenvalue weighted by Gasteiger charge is -2.04. The summed E-state index contributed by atoms with van der Waals surface area (Å²) in [5.41, 5.74) is 3.28. The number of Topliss-reactive ketones (excluding diaryl/α,β-unsaturated/α-hetero) is 1. The van der Waals surface area contributed by atoms with E-state index >= 15 is 0 Å². The molecule has 0 spiro atoms. The van der Waals surface area contributed by atoms with Gasteiger partial charge in [-0.3, -0.25) is 4.79 Å². The van der Waals surface area contributed by atoms with Gasteiger partial charge in [-0.25, -0.2) is 0 Å². The van der Waals surface area contributed by atoms with E-state index in [1.54, 1.807) is 0 Å². The Labute approximate surface area is 116 Å². The van der Waals surface area contributed by atoms with Gasteiger partial charge in [0.05, 0.1) is 13.2 Å². The maximum atomic E-state index is 12.1. The summed E-state index contributed by atoms with van der Waals surface area (Å²) in [6.07, 6.45) is 8.05. The molecule has 0 aromatic heterocycles. The highest BCUT2D eigenvalue weighted by atomic mass is 16.5. The molecule has 0 radical (unpaired) electrons. The van der Waals surface area contributed by atoms with Crippen LogP contribution in [0.5, 0.6) is 0 Å². The van der Waals surface area contributed by atoms with Crippen LogP contribution in [0.4, 0.5) is 0 Å². The summed E-state index contributed by atoms with van der Waals surface area (Å²) in [6.45, 7) is 3.58. The number of hydrogen-bond donors (Lipinski definition) is 0. The molecule has 1 aliphatic heterocycles. The fraction of sp³-hybridized carbons (Fsp3) is 0.588.